The van der Waals surface area contributed by atoms with Gasteiger partial charge in [0.15, 0.2) is 0 Å². The zero-order valence-corrected chi connectivity index (χ0v) is 22.6. The molecule has 0 unspecified atom stereocenters. The van der Waals surface area contributed by atoms with E-state index in [9.17, 15) is 0 Å². The summed E-state index contributed by atoms with van der Waals surface area (Å²) in [7, 11) is 0. The van der Waals surface area contributed by atoms with Crippen LogP contribution in [0.3, 0.4) is 0 Å². The topological polar surface area (TPSA) is 12.9 Å². The first-order valence-electron chi connectivity index (χ1n) is 11.8. The van der Waals surface area contributed by atoms with Crippen LogP contribution in [0.25, 0.3) is 42.2 Å². The van der Waals surface area contributed by atoms with Gasteiger partial charge in [0.1, 0.15) is 0 Å². The molecular weight excluding hydrogens is 467 g/mol. The van der Waals surface area contributed by atoms with E-state index in [-0.39, 0.29) is 0 Å². The van der Waals surface area contributed by atoms with Crippen molar-refractivity contribution < 1.29 is 0 Å². The molecule has 32 heavy (non-hydrogen) atoms. The molecule has 0 saturated carbocycles. The normalized spacial score (nSPS) is 12.4. The average molecular weight is 498 g/mol. The number of rotatable bonds is 5. The molecule has 0 saturated heterocycles. The summed E-state index contributed by atoms with van der Waals surface area (Å²) >= 11 is 0.0448. The summed E-state index contributed by atoms with van der Waals surface area (Å²) in [5.41, 5.74) is 3.84. The molecule has 2 heterocycles. The van der Waals surface area contributed by atoms with E-state index in [4.69, 9.17) is 4.98 Å². The second kappa shape index (κ2) is 8.31. The van der Waals surface area contributed by atoms with Crippen LogP contribution in [0.15, 0.2) is 66.9 Å². The van der Waals surface area contributed by atoms with E-state index in [1.807, 2.05) is 17.5 Å². The summed E-state index contributed by atoms with van der Waals surface area (Å²) in [6.45, 7) is 4.61. The second-order valence-electron chi connectivity index (χ2n) is 9.90. The third-order valence-corrected chi connectivity index (χ3v) is 12.3. The predicted molar refractivity (Wildman–Crippen MR) is 146 cm³/mol. The van der Waals surface area contributed by atoms with Gasteiger partial charge in [0, 0.05) is 0 Å². The van der Waals surface area contributed by atoms with Gasteiger partial charge in [-0.15, -0.1) is 0 Å². The van der Waals surface area contributed by atoms with E-state index in [0.717, 1.165) is 18.5 Å². The van der Waals surface area contributed by atoms with Gasteiger partial charge in [-0.3, -0.25) is 0 Å². The fraction of sp³-hybridized carbons (Fsp3) is 0.276. The van der Waals surface area contributed by atoms with Gasteiger partial charge in [-0.25, -0.2) is 0 Å². The summed E-state index contributed by atoms with van der Waals surface area (Å²) in [5, 5.41) is 5.40. The number of aromatic nitrogens is 1. The Hall–Kier alpha value is -2.17. The number of hydrogen-bond donors (Lipinski definition) is 0. The summed E-state index contributed by atoms with van der Waals surface area (Å²) in [4.78, 5) is 4.92. The molecule has 0 fully saturated rings. The number of benzene rings is 3. The molecule has 0 aliphatic rings. The minimum atomic E-state index is -1.87. The first-order chi connectivity index (χ1) is 15.4. The Morgan fingerprint density at radius 3 is 2.38 bits per heavy atom. The van der Waals surface area contributed by atoms with E-state index in [2.05, 4.69) is 91.8 Å². The molecule has 3 heteroatoms. The first-order valence-corrected chi connectivity index (χ1v) is 19.9. The number of pyridine rings is 1. The van der Waals surface area contributed by atoms with Crippen molar-refractivity contribution in [1.29, 1.82) is 0 Å². The molecule has 0 radical (unpaired) electrons. The number of hydrogen-bond acceptors (Lipinski definition) is 2. The minimum absolute atomic E-state index is 0.572. The van der Waals surface area contributed by atoms with Crippen molar-refractivity contribution in [3.05, 3.63) is 72.4 Å². The van der Waals surface area contributed by atoms with Crippen LogP contribution in [-0.4, -0.2) is 18.3 Å². The number of fused-ring (bicyclic) bond motifs is 4. The molecule has 0 bridgehead atoms. The average Bonchev–Trinajstić information content (AvgIpc) is 3.17. The molecule has 5 aromatic rings. The van der Waals surface area contributed by atoms with Crippen LogP contribution in [0.4, 0.5) is 0 Å². The summed E-state index contributed by atoms with van der Waals surface area (Å²) in [6.07, 6.45) is 4.31. The van der Waals surface area contributed by atoms with Crippen molar-refractivity contribution in [2.45, 2.75) is 49.9 Å². The number of thiophene rings is 1. The summed E-state index contributed by atoms with van der Waals surface area (Å²) < 4.78 is 4.28. The van der Waals surface area contributed by atoms with Crippen molar-refractivity contribution >= 4 is 59.9 Å². The molecule has 1 nitrogen and oxygen atoms in total. The Morgan fingerprint density at radius 2 is 1.62 bits per heavy atom. The maximum absolute atomic E-state index is 4.92. The van der Waals surface area contributed by atoms with Gasteiger partial charge in [-0.1, -0.05) is 0 Å². The molecule has 0 aliphatic heterocycles. The molecule has 0 amide bonds. The van der Waals surface area contributed by atoms with Gasteiger partial charge in [0.2, 0.25) is 0 Å². The summed E-state index contributed by atoms with van der Waals surface area (Å²) in [6, 6.07) is 23.0. The molecule has 5 rings (SSSR count). The molecule has 3 aromatic carbocycles. The van der Waals surface area contributed by atoms with E-state index < -0.39 is 13.3 Å². The fourth-order valence-electron chi connectivity index (χ4n) is 4.92. The van der Waals surface area contributed by atoms with Gasteiger partial charge >= 0.3 is 198 Å². The van der Waals surface area contributed by atoms with Gasteiger partial charge in [0.25, 0.3) is 0 Å². The quantitative estimate of drug-likeness (QED) is 0.221. The Balaban J connectivity index is 1.77. The van der Waals surface area contributed by atoms with E-state index in [1.165, 1.54) is 42.1 Å². The van der Waals surface area contributed by atoms with Gasteiger partial charge in [-0.05, 0) is 0 Å². The Labute approximate surface area is 197 Å². The zero-order valence-electron chi connectivity index (χ0n) is 19.7. The van der Waals surface area contributed by atoms with Crippen LogP contribution in [0.2, 0.25) is 17.3 Å². The van der Waals surface area contributed by atoms with Gasteiger partial charge < -0.3 is 0 Å². The second-order valence-corrected chi connectivity index (χ2v) is 21.6. The molecule has 0 aliphatic carbocycles. The Kier molecular flexibility index (Phi) is 5.63. The fourth-order valence-corrected chi connectivity index (χ4v) is 8.82. The van der Waals surface area contributed by atoms with Crippen LogP contribution in [0.5, 0.6) is 0 Å². The third kappa shape index (κ3) is 3.68. The monoisotopic (exact) mass is 499 g/mol. The van der Waals surface area contributed by atoms with Crippen LogP contribution in [0.1, 0.15) is 38.2 Å². The third-order valence-electron chi connectivity index (χ3n) is 6.85. The summed E-state index contributed by atoms with van der Waals surface area (Å²) in [5.74, 6) is 7.98. The Bertz CT molecular complexity index is 1440. The van der Waals surface area contributed by atoms with Crippen molar-refractivity contribution in [2.75, 3.05) is 0 Å². The molecule has 0 N–H and O–H groups in total. The van der Waals surface area contributed by atoms with Crippen LogP contribution in [-0.2, 0) is 0 Å². The zero-order chi connectivity index (χ0) is 22.5. The maximum atomic E-state index is 4.92. The predicted octanol–water partition coefficient (Wildman–Crippen LogP) is 8.72. The van der Waals surface area contributed by atoms with Crippen LogP contribution >= 0.6 is 11.3 Å². The van der Waals surface area contributed by atoms with Crippen LogP contribution < -0.4 is 4.40 Å². The molecule has 0 atom stereocenters. The first kappa shape index (κ1) is 21.7. The Morgan fingerprint density at radius 1 is 0.844 bits per heavy atom. The van der Waals surface area contributed by atoms with Crippen molar-refractivity contribution in [3.8, 4) is 11.3 Å². The van der Waals surface area contributed by atoms with E-state index in [0.29, 0.717) is 5.92 Å². The molecular formula is C29H31GeNS. The number of nitrogens with zero attached hydrogens (tertiary/aromatic N) is 1. The van der Waals surface area contributed by atoms with Gasteiger partial charge in [-0.2, -0.15) is 0 Å². The standard InChI is InChI=1S/C29H31GeNS/c1-6-19(7-2)26-17-21(16-20-10-8-9-11-23(20)26)28-29-25(14-15-31-28)24-13-12-22(30(3,4)5)18-27(24)32-29/h8-19H,6-7H2,1-5H3. The van der Waals surface area contributed by atoms with Crippen molar-refractivity contribution in [3.63, 3.8) is 0 Å². The van der Waals surface area contributed by atoms with Crippen LogP contribution in [0, 0.1) is 0 Å². The van der Waals surface area contributed by atoms with E-state index in [1.54, 1.807) is 4.40 Å². The molecule has 0 spiro atoms. The SMILES string of the molecule is CCC(CC)c1cc(-c2nccc3c2sc2c[c]([Ge]([CH3])([CH3])[CH3])ccc23)cc2ccccc12. The van der Waals surface area contributed by atoms with Gasteiger partial charge in [0.05, 0.1) is 0 Å². The molecule has 162 valence electrons. The van der Waals surface area contributed by atoms with Crippen molar-refractivity contribution in [1.82, 2.24) is 4.98 Å². The molecule has 2 aromatic heterocycles. The van der Waals surface area contributed by atoms with E-state index >= 15 is 0 Å². The van der Waals surface area contributed by atoms with Crippen molar-refractivity contribution in [2.24, 2.45) is 0 Å².